The number of primary sulfonamides is 1. The number of halogens is 2. The molecule has 0 aliphatic heterocycles. The lowest BCUT2D eigenvalue weighted by Gasteiger charge is -2.05. The molecule has 2 rings (SSSR count). The second kappa shape index (κ2) is 5.43. The fourth-order valence-electron chi connectivity index (χ4n) is 1.61. The summed E-state index contributed by atoms with van der Waals surface area (Å²) in [7, 11) is -2.62. The molecule has 0 spiro atoms. The highest BCUT2D eigenvalue weighted by atomic mass is 35.5. The number of sulfonamides is 1. The molecule has 0 radical (unpaired) electrons. The monoisotopic (exact) mass is 332 g/mol. The minimum atomic E-state index is -4.07. The number of nitrogens with one attached hydrogen (secondary N) is 1. The zero-order chi connectivity index (χ0) is 15.8. The maximum atomic E-state index is 13.6. The van der Waals surface area contributed by atoms with Gasteiger partial charge in [-0.05, 0) is 18.2 Å². The molecule has 3 N–H and O–H groups in total. The Morgan fingerprint density at radius 3 is 2.71 bits per heavy atom. The number of aryl methyl sites for hydroxylation is 1. The summed E-state index contributed by atoms with van der Waals surface area (Å²) in [5.74, 6) is -1.99. The van der Waals surface area contributed by atoms with E-state index in [9.17, 15) is 17.6 Å². The van der Waals surface area contributed by atoms with E-state index in [4.69, 9.17) is 16.7 Å². The highest BCUT2D eigenvalue weighted by Gasteiger charge is 2.21. The maximum absolute atomic E-state index is 13.6. The third-order valence-corrected chi connectivity index (χ3v) is 3.66. The molecule has 0 aliphatic rings. The molecule has 0 bridgehead atoms. The van der Waals surface area contributed by atoms with Crippen LogP contribution >= 0.6 is 11.6 Å². The van der Waals surface area contributed by atoms with Gasteiger partial charge in [0, 0.05) is 18.3 Å². The summed E-state index contributed by atoms with van der Waals surface area (Å²) in [5.41, 5.74) is -0.301. The van der Waals surface area contributed by atoms with Crippen LogP contribution in [0.15, 0.2) is 29.3 Å². The van der Waals surface area contributed by atoms with E-state index in [0.29, 0.717) is 0 Å². The van der Waals surface area contributed by atoms with Crippen LogP contribution in [-0.4, -0.2) is 24.1 Å². The zero-order valence-electron chi connectivity index (χ0n) is 10.7. The van der Waals surface area contributed by atoms with Gasteiger partial charge in [-0.25, -0.2) is 17.9 Å². The number of carbonyl (C=O) groups is 1. The molecular formula is C11H10ClFN4O3S. The van der Waals surface area contributed by atoms with Crippen molar-refractivity contribution >= 4 is 33.3 Å². The molecule has 0 fully saturated rings. The third kappa shape index (κ3) is 3.38. The van der Waals surface area contributed by atoms with Crippen LogP contribution in [0.25, 0.3) is 0 Å². The Morgan fingerprint density at radius 2 is 2.14 bits per heavy atom. The Kier molecular flexibility index (Phi) is 3.99. The number of anilines is 1. The number of hydrogen-bond acceptors (Lipinski definition) is 4. The quantitative estimate of drug-likeness (QED) is 0.877. The number of nitrogens with two attached hydrogens (primary N) is 1. The van der Waals surface area contributed by atoms with Crippen LogP contribution in [-0.2, 0) is 17.1 Å². The Morgan fingerprint density at radius 1 is 1.48 bits per heavy atom. The molecule has 112 valence electrons. The summed E-state index contributed by atoms with van der Waals surface area (Å²) in [6.45, 7) is 0. The normalized spacial score (nSPS) is 11.4. The number of benzene rings is 1. The van der Waals surface area contributed by atoms with E-state index in [0.717, 1.165) is 16.9 Å². The summed E-state index contributed by atoms with van der Waals surface area (Å²) >= 11 is 5.59. The molecular weight excluding hydrogens is 323 g/mol. The van der Waals surface area contributed by atoms with Crippen molar-refractivity contribution in [1.29, 1.82) is 0 Å². The van der Waals surface area contributed by atoms with E-state index in [1.807, 2.05) is 0 Å². The lowest BCUT2D eigenvalue weighted by atomic mass is 10.2. The lowest BCUT2D eigenvalue weighted by molar-refractivity contribution is 0.102. The van der Waals surface area contributed by atoms with Gasteiger partial charge in [-0.1, -0.05) is 11.6 Å². The second-order valence-corrected chi connectivity index (χ2v) is 6.11. The predicted octanol–water partition coefficient (Wildman–Crippen LogP) is 1.11. The van der Waals surface area contributed by atoms with E-state index < -0.39 is 21.7 Å². The summed E-state index contributed by atoms with van der Waals surface area (Å²) in [5, 5.41) is 11.1. The SMILES string of the molecule is Cn1cc(S(N)(=O)=O)c(NC(=O)c2ccc(Cl)cc2F)n1. The highest BCUT2D eigenvalue weighted by Crippen LogP contribution is 2.20. The molecule has 21 heavy (non-hydrogen) atoms. The Labute approximate surface area is 124 Å². The first kappa shape index (κ1) is 15.4. The van der Waals surface area contributed by atoms with Gasteiger partial charge in [-0.3, -0.25) is 9.48 Å². The number of carbonyl (C=O) groups excluding carboxylic acids is 1. The zero-order valence-corrected chi connectivity index (χ0v) is 12.2. The smallest absolute Gasteiger partial charge is 0.259 e. The summed E-state index contributed by atoms with van der Waals surface area (Å²) < 4.78 is 37.5. The molecule has 1 heterocycles. The van der Waals surface area contributed by atoms with Crippen molar-refractivity contribution in [2.45, 2.75) is 4.90 Å². The highest BCUT2D eigenvalue weighted by molar-refractivity contribution is 7.89. The second-order valence-electron chi connectivity index (χ2n) is 4.14. The predicted molar refractivity (Wildman–Crippen MR) is 73.9 cm³/mol. The third-order valence-electron chi connectivity index (χ3n) is 2.51. The lowest BCUT2D eigenvalue weighted by Crippen LogP contribution is -2.18. The van der Waals surface area contributed by atoms with Gasteiger partial charge in [0.1, 0.15) is 10.7 Å². The van der Waals surface area contributed by atoms with Gasteiger partial charge in [-0.15, -0.1) is 0 Å². The largest absolute Gasteiger partial charge is 0.304 e. The molecule has 0 saturated heterocycles. The standard InChI is InChI=1S/C11H10ClFN4O3S/c1-17-5-9(21(14,19)20)10(16-17)15-11(18)7-3-2-6(12)4-8(7)13/h2-5H,1H3,(H2,14,19,20)(H,15,16,18). The fourth-order valence-corrected chi connectivity index (χ4v) is 2.43. The molecule has 0 atom stereocenters. The molecule has 1 amide bonds. The summed E-state index contributed by atoms with van der Waals surface area (Å²) in [6, 6.07) is 3.47. The van der Waals surface area contributed by atoms with E-state index >= 15 is 0 Å². The average Bonchev–Trinajstić information content (AvgIpc) is 2.69. The number of nitrogens with zero attached hydrogens (tertiary/aromatic N) is 2. The van der Waals surface area contributed by atoms with Crippen molar-refractivity contribution < 1.29 is 17.6 Å². The molecule has 7 nitrogen and oxygen atoms in total. The molecule has 1 aromatic carbocycles. The molecule has 1 aromatic heterocycles. The van der Waals surface area contributed by atoms with E-state index in [1.54, 1.807) is 0 Å². The van der Waals surface area contributed by atoms with Gasteiger partial charge >= 0.3 is 0 Å². The summed E-state index contributed by atoms with van der Waals surface area (Å²) in [4.78, 5) is 11.6. The van der Waals surface area contributed by atoms with Crippen LogP contribution in [0.3, 0.4) is 0 Å². The maximum Gasteiger partial charge on any atom is 0.259 e. The van der Waals surface area contributed by atoms with Crippen LogP contribution < -0.4 is 10.5 Å². The first-order valence-corrected chi connectivity index (χ1v) is 7.44. The van der Waals surface area contributed by atoms with Gasteiger partial charge in [0.05, 0.1) is 5.56 Å². The van der Waals surface area contributed by atoms with Crippen molar-refractivity contribution in [2.75, 3.05) is 5.32 Å². The Balaban J connectivity index is 2.36. The van der Waals surface area contributed by atoms with Crippen LogP contribution in [0.1, 0.15) is 10.4 Å². The van der Waals surface area contributed by atoms with Crippen molar-refractivity contribution in [2.24, 2.45) is 12.2 Å². The average molecular weight is 333 g/mol. The van der Waals surface area contributed by atoms with Crippen molar-refractivity contribution in [3.63, 3.8) is 0 Å². The number of amides is 1. The first-order chi connectivity index (χ1) is 9.68. The number of hydrogen-bond donors (Lipinski definition) is 2. The molecule has 0 unspecified atom stereocenters. The van der Waals surface area contributed by atoms with Gasteiger partial charge in [0.15, 0.2) is 5.82 Å². The van der Waals surface area contributed by atoms with Crippen LogP contribution in [0.5, 0.6) is 0 Å². The molecule has 10 heteroatoms. The molecule has 0 aliphatic carbocycles. The van der Waals surface area contributed by atoms with Crippen molar-refractivity contribution in [1.82, 2.24) is 9.78 Å². The van der Waals surface area contributed by atoms with Crippen molar-refractivity contribution in [3.05, 3.63) is 40.8 Å². The van der Waals surface area contributed by atoms with E-state index in [1.165, 1.54) is 19.2 Å². The minimum Gasteiger partial charge on any atom is -0.304 e. The van der Waals surface area contributed by atoms with E-state index in [-0.39, 0.29) is 21.3 Å². The Bertz CT molecular complexity index is 819. The van der Waals surface area contributed by atoms with Gasteiger partial charge in [0.25, 0.3) is 5.91 Å². The molecule has 0 saturated carbocycles. The van der Waals surface area contributed by atoms with Crippen LogP contribution in [0.4, 0.5) is 10.2 Å². The Hall–Kier alpha value is -1.97. The summed E-state index contributed by atoms with van der Waals surface area (Å²) in [6.07, 6.45) is 1.13. The first-order valence-electron chi connectivity index (χ1n) is 5.51. The minimum absolute atomic E-state index is 0.132. The van der Waals surface area contributed by atoms with Gasteiger partial charge in [0.2, 0.25) is 10.0 Å². The number of rotatable bonds is 3. The van der Waals surface area contributed by atoms with Gasteiger partial charge < -0.3 is 5.32 Å². The van der Waals surface area contributed by atoms with E-state index in [2.05, 4.69) is 10.4 Å². The number of aromatic nitrogens is 2. The van der Waals surface area contributed by atoms with Gasteiger partial charge in [-0.2, -0.15) is 5.10 Å². The molecule has 2 aromatic rings. The fraction of sp³-hybridized carbons (Fsp3) is 0.0909. The topological polar surface area (TPSA) is 107 Å². The van der Waals surface area contributed by atoms with Crippen LogP contribution in [0, 0.1) is 5.82 Å². The van der Waals surface area contributed by atoms with Crippen molar-refractivity contribution in [3.8, 4) is 0 Å². The van der Waals surface area contributed by atoms with Crippen LogP contribution in [0.2, 0.25) is 5.02 Å².